The molecule has 2 amide bonds. The molecule has 1 unspecified atom stereocenters. The molecule has 2 atom stereocenters. The molecule has 0 spiro atoms. The number of piperidine rings is 1. The van der Waals surface area contributed by atoms with Crippen LogP contribution in [0, 0.1) is 0 Å². The molecule has 0 aromatic carbocycles. The summed E-state index contributed by atoms with van der Waals surface area (Å²) in [6, 6.07) is -0.886. The first-order chi connectivity index (χ1) is 7.65. The molecule has 1 aliphatic rings. The van der Waals surface area contributed by atoms with E-state index in [9.17, 15) is 9.59 Å². The molecule has 1 rings (SSSR count). The van der Waals surface area contributed by atoms with Gasteiger partial charge in [-0.25, -0.2) is 0 Å². The molecule has 0 aliphatic carbocycles. The van der Waals surface area contributed by atoms with Crippen LogP contribution in [-0.2, 0) is 9.59 Å². The molecule has 5 nitrogen and oxygen atoms in total. The maximum atomic E-state index is 11.6. The second-order valence-corrected chi connectivity index (χ2v) is 4.24. The van der Waals surface area contributed by atoms with Gasteiger partial charge in [-0.15, -0.1) is 0 Å². The van der Waals surface area contributed by atoms with Crippen molar-refractivity contribution < 1.29 is 9.59 Å². The Morgan fingerprint density at radius 2 is 2.44 bits per heavy atom. The van der Waals surface area contributed by atoms with Gasteiger partial charge in [0, 0.05) is 6.54 Å². The minimum Gasteiger partial charge on any atom is -0.354 e. The van der Waals surface area contributed by atoms with Crippen LogP contribution in [0.4, 0.5) is 0 Å². The number of nitrogens with one attached hydrogen (secondary N) is 2. The molecule has 0 bridgehead atoms. The van der Waals surface area contributed by atoms with Crippen LogP contribution in [0.2, 0.25) is 0 Å². The van der Waals surface area contributed by atoms with Crippen LogP contribution in [0.25, 0.3) is 0 Å². The number of rotatable bonds is 5. The van der Waals surface area contributed by atoms with Crippen LogP contribution in [0.1, 0.15) is 39.0 Å². The zero-order valence-electron chi connectivity index (χ0n) is 9.79. The summed E-state index contributed by atoms with van der Waals surface area (Å²) in [5.74, 6) is -0.308. The van der Waals surface area contributed by atoms with E-state index >= 15 is 0 Å². The first-order valence-electron chi connectivity index (χ1n) is 5.98. The maximum absolute atomic E-state index is 11.6. The maximum Gasteiger partial charge on any atom is 0.242 e. The van der Waals surface area contributed by atoms with Crippen LogP contribution in [0.5, 0.6) is 0 Å². The van der Waals surface area contributed by atoms with Crippen molar-refractivity contribution in [1.29, 1.82) is 0 Å². The number of hydrogen-bond donors (Lipinski definition) is 3. The summed E-state index contributed by atoms with van der Waals surface area (Å²) in [6.07, 6.45) is 4.24. The Morgan fingerprint density at radius 3 is 3.06 bits per heavy atom. The van der Waals surface area contributed by atoms with Gasteiger partial charge in [-0.1, -0.05) is 19.8 Å². The Kier molecular flexibility index (Phi) is 5.25. The molecule has 0 aromatic rings. The van der Waals surface area contributed by atoms with Gasteiger partial charge in [-0.05, 0) is 19.3 Å². The first kappa shape index (κ1) is 13.0. The van der Waals surface area contributed by atoms with Gasteiger partial charge >= 0.3 is 0 Å². The Balaban J connectivity index is 2.34. The largest absolute Gasteiger partial charge is 0.354 e. The van der Waals surface area contributed by atoms with E-state index in [4.69, 9.17) is 5.73 Å². The Labute approximate surface area is 96.1 Å². The summed E-state index contributed by atoms with van der Waals surface area (Å²) in [5.41, 5.74) is 5.72. The molecule has 92 valence electrons. The molecular weight excluding hydrogens is 206 g/mol. The van der Waals surface area contributed by atoms with E-state index < -0.39 is 12.1 Å². The van der Waals surface area contributed by atoms with Crippen LogP contribution >= 0.6 is 0 Å². The second-order valence-electron chi connectivity index (χ2n) is 4.24. The summed E-state index contributed by atoms with van der Waals surface area (Å²) in [6.45, 7) is 2.76. The van der Waals surface area contributed by atoms with E-state index in [1.165, 1.54) is 0 Å². The topological polar surface area (TPSA) is 84.2 Å². The molecule has 1 fully saturated rings. The fraction of sp³-hybridized carbons (Fsp3) is 0.818. The molecule has 0 saturated carbocycles. The summed E-state index contributed by atoms with van der Waals surface area (Å²) in [7, 11) is 0. The van der Waals surface area contributed by atoms with E-state index in [2.05, 4.69) is 17.6 Å². The molecule has 1 saturated heterocycles. The van der Waals surface area contributed by atoms with Gasteiger partial charge in [0.05, 0.1) is 6.04 Å². The highest BCUT2D eigenvalue weighted by molar-refractivity contribution is 5.89. The van der Waals surface area contributed by atoms with E-state index in [1.54, 1.807) is 0 Å². The summed E-state index contributed by atoms with van der Waals surface area (Å²) < 4.78 is 0. The number of carbonyl (C=O) groups excluding carboxylic acids is 2. The average Bonchev–Trinajstić information content (AvgIpc) is 2.28. The minimum absolute atomic E-state index is 0.0951. The van der Waals surface area contributed by atoms with Crippen molar-refractivity contribution in [2.45, 2.75) is 51.1 Å². The third-order valence-corrected chi connectivity index (χ3v) is 2.81. The van der Waals surface area contributed by atoms with Crippen molar-refractivity contribution in [3.05, 3.63) is 0 Å². The highest BCUT2D eigenvalue weighted by atomic mass is 16.2. The molecule has 1 heterocycles. The fourth-order valence-electron chi connectivity index (χ4n) is 1.74. The SMILES string of the molecule is CCCC[C@H](N)C(=O)NC1CCCNC1=O. The van der Waals surface area contributed by atoms with Gasteiger partial charge in [0.15, 0.2) is 0 Å². The number of amides is 2. The number of carbonyl (C=O) groups is 2. The summed E-state index contributed by atoms with van der Waals surface area (Å²) in [4.78, 5) is 23.0. The van der Waals surface area contributed by atoms with Crippen LogP contribution in [0.15, 0.2) is 0 Å². The fourth-order valence-corrected chi connectivity index (χ4v) is 1.74. The highest BCUT2D eigenvalue weighted by Crippen LogP contribution is 2.04. The van der Waals surface area contributed by atoms with Gasteiger partial charge < -0.3 is 16.4 Å². The smallest absolute Gasteiger partial charge is 0.242 e. The lowest BCUT2D eigenvalue weighted by Gasteiger charge is -2.24. The van der Waals surface area contributed by atoms with Gasteiger partial charge in [0.25, 0.3) is 0 Å². The van der Waals surface area contributed by atoms with Crippen molar-refractivity contribution in [3.8, 4) is 0 Å². The first-order valence-corrected chi connectivity index (χ1v) is 5.98. The highest BCUT2D eigenvalue weighted by Gasteiger charge is 2.25. The average molecular weight is 227 g/mol. The van der Waals surface area contributed by atoms with Crippen LogP contribution in [0.3, 0.4) is 0 Å². The lowest BCUT2D eigenvalue weighted by molar-refractivity contribution is -0.130. The summed E-state index contributed by atoms with van der Waals surface area (Å²) in [5, 5.41) is 5.43. The van der Waals surface area contributed by atoms with Gasteiger partial charge in [-0.2, -0.15) is 0 Å². The third kappa shape index (κ3) is 3.81. The van der Waals surface area contributed by atoms with Gasteiger partial charge in [-0.3, -0.25) is 9.59 Å². The van der Waals surface area contributed by atoms with Crippen molar-refractivity contribution in [3.63, 3.8) is 0 Å². The molecule has 0 radical (unpaired) electrons. The second kappa shape index (κ2) is 6.48. The van der Waals surface area contributed by atoms with Crippen LogP contribution in [-0.4, -0.2) is 30.4 Å². The van der Waals surface area contributed by atoms with Crippen molar-refractivity contribution in [2.24, 2.45) is 5.73 Å². The lowest BCUT2D eigenvalue weighted by atomic mass is 10.1. The predicted molar refractivity (Wildman–Crippen MR) is 61.7 cm³/mol. The number of nitrogens with two attached hydrogens (primary N) is 1. The van der Waals surface area contributed by atoms with E-state index in [0.717, 1.165) is 19.3 Å². The van der Waals surface area contributed by atoms with Gasteiger partial charge in [0.1, 0.15) is 6.04 Å². The minimum atomic E-state index is -0.491. The van der Waals surface area contributed by atoms with E-state index in [0.29, 0.717) is 19.4 Å². The quantitative estimate of drug-likeness (QED) is 0.613. The Morgan fingerprint density at radius 1 is 1.69 bits per heavy atom. The zero-order valence-corrected chi connectivity index (χ0v) is 9.79. The third-order valence-electron chi connectivity index (χ3n) is 2.81. The normalized spacial score (nSPS) is 22.4. The zero-order chi connectivity index (χ0) is 12.0. The molecule has 4 N–H and O–H groups in total. The van der Waals surface area contributed by atoms with Crippen molar-refractivity contribution >= 4 is 11.8 Å². The van der Waals surface area contributed by atoms with Crippen molar-refractivity contribution in [1.82, 2.24) is 10.6 Å². The molecule has 16 heavy (non-hydrogen) atoms. The number of hydrogen-bond acceptors (Lipinski definition) is 3. The Hall–Kier alpha value is -1.10. The predicted octanol–water partition coefficient (Wildman–Crippen LogP) is -0.101. The molecule has 1 aliphatic heterocycles. The van der Waals surface area contributed by atoms with Crippen molar-refractivity contribution in [2.75, 3.05) is 6.54 Å². The molecule has 0 aromatic heterocycles. The number of unbranched alkanes of at least 4 members (excludes halogenated alkanes) is 1. The molecule has 5 heteroatoms. The Bertz CT molecular complexity index is 256. The summed E-state index contributed by atoms with van der Waals surface area (Å²) >= 11 is 0. The standard InChI is InChI=1S/C11H21N3O2/c1-2-3-5-8(12)10(15)14-9-6-4-7-13-11(9)16/h8-9H,2-7,12H2,1H3,(H,13,16)(H,14,15)/t8-,9?/m0/s1. The van der Waals surface area contributed by atoms with E-state index in [-0.39, 0.29) is 11.8 Å². The van der Waals surface area contributed by atoms with Crippen LogP contribution < -0.4 is 16.4 Å². The van der Waals surface area contributed by atoms with Gasteiger partial charge in [0.2, 0.25) is 11.8 Å². The lowest BCUT2D eigenvalue weighted by Crippen LogP contribution is -2.53. The monoisotopic (exact) mass is 227 g/mol. The van der Waals surface area contributed by atoms with E-state index in [1.807, 2.05) is 0 Å². The molecular formula is C11H21N3O2.